The van der Waals surface area contributed by atoms with Crippen LogP contribution in [0.4, 0.5) is 0 Å². The van der Waals surface area contributed by atoms with Gasteiger partial charge in [0.25, 0.3) is 0 Å². The number of carboxylic acid groups (broad SMARTS) is 1. The minimum absolute atomic E-state index is 0.0936. The van der Waals surface area contributed by atoms with Gasteiger partial charge in [-0.25, -0.2) is 4.98 Å². The van der Waals surface area contributed by atoms with E-state index in [2.05, 4.69) is 4.98 Å². The van der Waals surface area contributed by atoms with E-state index in [1.54, 1.807) is 23.8 Å². The zero-order valence-electron chi connectivity index (χ0n) is 8.17. The molecule has 0 unspecified atom stereocenters. The van der Waals surface area contributed by atoms with Gasteiger partial charge in [0.15, 0.2) is 0 Å². The molecule has 0 fully saturated rings. The third kappa shape index (κ3) is 1.63. The van der Waals surface area contributed by atoms with Crippen LogP contribution >= 0.6 is 0 Å². The predicted molar refractivity (Wildman–Crippen MR) is 53.9 cm³/mol. The van der Waals surface area contributed by atoms with E-state index in [0.29, 0.717) is 11.3 Å². The van der Waals surface area contributed by atoms with Crippen LogP contribution in [-0.4, -0.2) is 27.7 Å². The molecule has 0 atom stereocenters. The van der Waals surface area contributed by atoms with Crippen molar-refractivity contribution < 1.29 is 14.6 Å². The molecule has 0 spiro atoms. The SMILES string of the molecule is COc1cccc2c1ncn2CC(=O)O. The second kappa shape index (κ2) is 3.61. The quantitative estimate of drug-likeness (QED) is 0.817. The summed E-state index contributed by atoms with van der Waals surface area (Å²) in [6, 6.07) is 5.41. The lowest BCUT2D eigenvalue weighted by atomic mass is 10.3. The van der Waals surface area contributed by atoms with Crippen LogP contribution in [-0.2, 0) is 11.3 Å². The number of aromatic nitrogens is 2. The standard InChI is InChI=1S/C10H10N2O3/c1-15-8-4-2-3-7-10(8)11-6-12(7)5-9(13)14/h2-4,6H,5H2,1H3,(H,13,14). The van der Waals surface area contributed by atoms with Gasteiger partial charge >= 0.3 is 5.97 Å². The molecule has 78 valence electrons. The Morgan fingerprint density at radius 1 is 1.60 bits per heavy atom. The van der Waals surface area contributed by atoms with Crippen molar-refractivity contribution in [3.8, 4) is 5.75 Å². The lowest BCUT2D eigenvalue weighted by Gasteiger charge is -2.02. The van der Waals surface area contributed by atoms with Crippen molar-refractivity contribution in [1.29, 1.82) is 0 Å². The Labute approximate surface area is 85.9 Å². The molecular formula is C10H10N2O3. The number of hydrogen-bond acceptors (Lipinski definition) is 3. The summed E-state index contributed by atoms with van der Waals surface area (Å²) in [6.07, 6.45) is 1.50. The highest BCUT2D eigenvalue weighted by atomic mass is 16.5. The van der Waals surface area contributed by atoms with E-state index in [9.17, 15) is 4.79 Å². The summed E-state index contributed by atoms with van der Waals surface area (Å²) in [4.78, 5) is 14.7. The zero-order valence-corrected chi connectivity index (χ0v) is 8.17. The fourth-order valence-corrected chi connectivity index (χ4v) is 1.50. The fraction of sp³-hybridized carbons (Fsp3) is 0.200. The van der Waals surface area contributed by atoms with Gasteiger partial charge in [-0.15, -0.1) is 0 Å². The number of benzene rings is 1. The van der Waals surface area contributed by atoms with E-state index < -0.39 is 5.97 Å². The number of aliphatic carboxylic acids is 1. The molecule has 0 saturated carbocycles. The van der Waals surface area contributed by atoms with Crippen LogP contribution in [0.3, 0.4) is 0 Å². The third-order valence-corrected chi connectivity index (χ3v) is 2.14. The van der Waals surface area contributed by atoms with Crippen molar-refractivity contribution in [3.05, 3.63) is 24.5 Å². The van der Waals surface area contributed by atoms with Crippen molar-refractivity contribution in [2.45, 2.75) is 6.54 Å². The number of rotatable bonds is 3. The highest BCUT2D eigenvalue weighted by Gasteiger charge is 2.08. The van der Waals surface area contributed by atoms with E-state index in [0.717, 1.165) is 5.52 Å². The summed E-state index contributed by atoms with van der Waals surface area (Å²) < 4.78 is 6.69. The highest BCUT2D eigenvalue weighted by molar-refractivity contribution is 5.83. The topological polar surface area (TPSA) is 64.4 Å². The number of hydrogen-bond donors (Lipinski definition) is 1. The summed E-state index contributed by atoms with van der Waals surface area (Å²) in [5, 5.41) is 8.69. The molecule has 0 amide bonds. The van der Waals surface area contributed by atoms with Crippen LogP contribution in [0.25, 0.3) is 11.0 Å². The van der Waals surface area contributed by atoms with Gasteiger partial charge in [-0.2, -0.15) is 0 Å². The molecule has 0 aliphatic rings. The first-order valence-corrected chi connectivity index (χ1v) is 4.42. The number of carbonyl (C=O) groups is 1. The van der Waals surface area contributed by atoms with Crippen LogP contribution in [0.1, 0.15) is 0 Å². The van der Waals surface area contributed by atoms with Gasteiger partial charge in [-0.05, 0) is 12.1 Å². The maximum absolute atomic E-state index is 10.6. The van der Waals surface area contributed by atoms with Crippen molar-refractivity contribution in [1.82, 2.24) is 9.55 Å². The number of methoxy groups -OCH3 is 1. The molecule has 2 aromatic rings. The van der Waals surface area contributed by atoms with Gasteiger partial charge in [0.2, 0.25) is 0 Å². The Morgan fingerprint density at radius 2 is 2.40 bits per heavy atom. The van der Waals surface area contributed by atoms with Crippen LogP contribution in [0.5, 0.6) is 5.75 Å². The average molecular weight is 206 g/mol. The molecule has 0 saturated heterocycles. The molecule has 0 radical (unpaired) electrons. The van der Waals surface area contributed by atoms with Gasteiger partial charge in [-0.1, -0.05) is 6.07 Å². The number of imidazole rings is 1. The van der Waals surface area contributed by atoms with Crippen LogP contribution in [0.2, 0.25) is 0 Å². The molecule has 0 bridgehead atoms. The number of para-hydroxylation sites is 1. The van der Waals surface area contributed by atoms with Crippen molar-refractivity contribution in [2.24, 2.45) is 0 Å². The van der Waals surface area contributed by atoms with Gasteiger partial charge in [0.05, 0.1) is 19.0 Å². The lowest BCUT2D eigenvalue weighted by molar-refractivity contribution is -0.137. The maximum Gasteiger partial charge on any atom is 0.323 e. The molecule has 1 aromatic heterocycles. The Balaban J connectivity index is 2.55. The molecule has 5 nitrogen and oxygen atoms in total. The van der Waals surface area contributed by atoms with Gasteiger partial charge < -0.3 is 14.4 Å². The monoisotopic (exact) mass is 206 g/mol. The highest BCUT2D eigenvalue weighted by Crippen LogP contribution is 2.23. The molecule has 0 aliphatic heterocycles. The zero-order chi connectivity index (χ0) is 10.8. The number of nitrogens with zero attached hydrogens (tertiary/aromatic N) is 2. The molecule has 0 aliphatic carbocycles. The second-order valence-electron chi connectivity index (χ2n) is 3.09. The lowest BCUT2D eigenvalue weighted by Crippen LogP contribution is -2.07. The first-order chi connectivity index (χ1) is 7.22. The maximum atomic E-state index is 10.6. The molecule has 1 N–H and O–H groups in total. The minimum atomic E-state index is -0.892. The Hall–Kier alpha value is -2.04. The summed E-state index contributed by atoms with van der Waals surface area (Å²) in [7, 11) is 1.56. The molecule has 1 heterocycles. The van der Waals surface area contributed by atoms with Gasteiger partial charge in [0.1, 0.15) is 17.8 Å². The Morgan fingerprint density at radius 3 is 3.07 bits per heavy atom. The smallest absolute Gasteiger partial charge is 0.323 e. The fourth-order valence-electron chi connectivity index (χ4n) is 1.50. The van der Waals surface area contributed by atoms with Crippen LogP contribution < -0.4 is 4.74 Å². The van der Waals surface area contributed by atoms with E-state index in [-0.39, 0.29) is 6.54 Å². The number of fused-ring (bicyclic) bond motifs is 1. The average Bonchev–Trinajstić information content (AvgIpc) is 2.61. The molecule has 1 aromatic carbocycles. The number of carboxylic acids is 1. The van der Waals surface area contributed by atoms with Gasteiger partial charge in [-0.3, -0.25) is 4.79 Å². The predicted octanol–water partition coefficient (Wildman–Crippen LogP) is 1.13. The first-order valence-electron chi connectivity index (χ1n) is 4.42. The third-order valence-electron chi connectivity index (χ3n) is 2.14. The van der Waals surface area contributed by atoms with Crippen LogP contribution in [0, 0.1) is 0 Å². The van der Waals surface area contributed by atoms with Crippen molar-refractivity contribution in [2.75, 3.05) is 7.11 Å². The summed E-state index contributed by atoms with van der Waals surface area (Å²) in [6.45, 7) is -0.0936. The Bertz CT molecular complexity index is 504. The van der Waals surface area contributed by atoms with E-state index >= 15 is 0 Å². The second-order valence-corrected chi connectivity index (χ2v) is 3.09. The summed E-state index contributed by atoms with van der Waals surface area (Å²) in [5.41, 5.74) is 1.44. The summed E-state index contributed by atoms with van der Waals surface area (Å²) in [5.74, 6) is -0.242. The van der Waals surface area contributed by atoms with E-state index in [1.807, 2.05) is 6.07 Å². The molecule has 15 heavy (non-hydrogen) atoms. The van der Waals surface area contributed by atoms with Crippen molar-refractivity contribution in [3.63, 3.8) is 0 Å². The van der Waals surface area contributed by atoms with Crippen molar-refractivity contribution >= 4 is 17.0 Å². The molecular weight excluding hydrogens is 196 g/mol. The first kappa shape index (κ1) is 9.51. The van der Waals surface area contributed by atoms with Gasteiger partial charge in [0, 0.05) is 0 Å². The van der Waals surface area contributed by atoms with E-state index in [1.165, 1.54) is 6.33 Å². The largest absolute Gasteiger partial charge is 0.494 e. The normalized spacial score (nSPS) is 10.5. The number of ether oxygens (including phenoxy) is 1. The Kier molecular flexibility index (Phi) is 2.29. The summed E-state index contributed by atoms with van der Waals surface area (Å²) >= 11 is 0. The minimum Gasteiger partial charge on any atom is -0.494 e. The molecule has 2 rings (SSSR count). The van der Waals surface area contributed by atoms with Crippen LogP contribution in [0.15, 0.2) is 24.5 Å². The molecule has 5 heteroatoms. The van der Waals surface area contributed by atoms with E-state index in [4.69, 9.17) is 9.84 Å².